The molecule has 0 radical (unpaired) electrons. The third kappa shape index (κ3) is 2.59. The van der Waals surface area contributed by atoms with Crippen molar-refractivity contribution in [1.82, 2.24) is 5.32 Å². The predicted octanol–water partition coefficient (Wildman–Crippen LogP) is 2.72. The average molecular weight is 195 g/mol. The second kappa shape index (κ2) is 2.87. The number of hydrogen-bond donors (Lipinski definition) is 1. The molecule has 1 rings (SSSR count). The van der Waals surface area contributed by atoms with E-state index >= 15 is 0 Å². The van der Waals surface area contributed by atoms with Crippen molar-refractivity contribution in [2.24, 2.45) is 5.41 Å². The van der Waals surface area contributed by atoms with Gasteiger partial charge in [-0.2, -0.15) is 13.2 Å². The van der Waals surface area contributed by atoms with Crippen LogP contribution in [0.15, 0.2) is 0 Å². The maximum atomic E-state index is 12.4. The Morgan fingerprint density at radius 1 is 1.15 bits per heavy atom. The van der Waals surface area contributed by atoms with Gasteiger partial charge in [-0.3, -0.25) is 0 Å². The molecule has 1 aliphatic carbocycles. The lowest BCUT2D eigenvalue weighted by atomic mass is 9.96. The highest BCUT2D eigenvalue weighted by atomic mass is 19.4. The summed E-state index contributed by atoms with van der Waals surface area (Å²) >= 11 is 0. The summed E-state index contributed by atoms with van der Waals surface area (Å²) < 4.78 is 37.2. The second-order valence-corrected chi connectivity index (χ2v) is 4.99. The number of halogens is 3. The first-order chi connectivity index (χ1) is 5.66. The van der Waals surface area contributed by atoms with Crippen LogP contribution >= 0.6 is 0 Å². The molecular weight excluding hydrogens is 179 g/mol. The zero-order valence-corrected chi connectivity index (χ0v) is 8.26. The van der Waals surface area contributed by atoms with Gasteiger partial charge >= 0.3 is 6.18 Å². The molecule has 0 bridgehead atoms. The lowest BCUT2D eigenvalue weighted by Gasteiger charge is -2.26. The minimum Gasteiger partial charge on any atom is -0.303 e. The fourth-order valence-corrected chi connectivity index (χ4v) is 1.12. The minimum atomic E-state index is -4.09. The van der Waals surface area contributed by atoms with Crippen LogP contribution in [0.2, 0.25) is 0 Å². The van der Waals surface area contributed by atoms with Crippen LogP contribution in [0, 0.1) is 5.41 Å². The predicted molar refractivity (Wildman–Crippen MR) is 45.5 cm³/mol. The van der Waals surface area contributed by atoms with Crippen LogP contribution in [0.25, 0.3) is 0 Å². The van der Waals surface area contributed by atoms with Crippen molar-refractivity contribution in [2.45, 2.75) is 45.3 Å². The molecule has 1 N–H and O–H groups in total. The molecule has 1 nitrogen and oxygen atoms in total. The molecule has 1 saturated carbocycles. The summed E-state index contributed by atoms with van der Waals surface area (Å²) in [7, 11) is 0. The molecule has 0 amide bonds. The molecule has 0 aromatic heterocycles. The lowest BCUT2D eigenvalue weighted by Crippen LogP contribution is -2.47. The Labute approximate surface area is 76.7 Å². The van der Waals surface area contributed by atoms with Gasteiger partial charge < -0.3 is 5.32 Å². The number of alkyl halides is 3. The molecule has 4 heteroatoms. The fourth-order valence-electron chi connectivity index (χ4n) is 1.12. The average Bonchev–Trinajstić information content (AvgIpc) is 2.58. The van der Waals surface area contributed by atoms with E-state index in [1.165, 1.54) is 0 Å². The Morgan fingerprint density at radius 3 is 1.85 bits per heavy atom. The molecule has 0 aliphatic heterocycles. The maximum Gasteiger partial charge on any atom is 0.406 e. The van der Waals surface area contributed by atoms with Crippen LogP contribution in [0.4, 0.5) is 13.2 Å². The molecule has 0 aromatic carbocycles. The van der Waals surface area contributed by atoms with E-state index in [-0.39, 0.29) is 18.3 Å². The Hall–Kier alpha value is -0.250. The Bertz CT molecular complexity index is 186. The van der Waals surface area contributed by atoms with E-state index in [0.29, 0.717) is 6.54 Å². The lowest BCUT2D eigenvalue weighted by molar-refractivity contribution is -0.166. The van der Waals surface area contributed by atoms with Crippen LogP contribution in [0.3, 0.4) is 0 Å². The van der Waals surface area contributed by atoms with Crippen molar-refractivity contribution >= 4 is 0 Å². The molecule has 13 heavy (non-hydrogen) atoms. The van der Waals surface area contributed by atoms with Gasteiger partial charge in [0.25, 0.3) is 0 Å². The van der Waals surface area contributed by atoms with E-state index < -0.39 is 11.7 Å². The molecule has 0 spiro atoms. The first kappa shape index (κ1) is 10.8. The van der Waals surface area contributed by atoms with Crippen molar-refractivity contribution in [3.8, 4) is 0 Å². The third-order valence-electron chi connectivity index (χ3n) is 2.25. The van der Waals surface area contributed by atoms with E-state index in [2.05, 4.69) is 5.32 Å². The molecule has 0 aromatic rings. The number of hydrogen-bond acceptors (Lipinski definition) is 1. The highest BCUT2D eigenvalue weighted by molar-refractivity contribution is 5.08. The topological polar surface area (TPSA) is 12.0 Å². The zero-order chi connectivity index (χ0) is 10.3. The summed E-state index contributed by atoms with van der Waals surface area (Å²) in [4.78, 5) is 0. The van der Waals surface area contributed by atoms with Crippen LogP contribution in [0.5, 0.6) is 0 Å². The monoisotopic (exact) mass is 195 g/mol. The molecule has 0 heterocycles. The molecule has 78 valence electrons. The van der Waals surface area contributed by atoms with Gasteiger partial charge in [0, 0.05) is 6.54 Å². The Morgan fingerprint density at radius 2 is 1.62 bits per heavy atom. The fraction of sp³-hybridized carbons (Fsp3) is 1.00. The van der Waals surface area contributed by atoms with Gasteiger partial charge in [-0.05, 0) is 18.3 Å². The first-order valence-corrected chi connectivity index (χ1v) is 4.48. The van der Waals surface area contributed by atoms with Gasteiger partial charge in [0.2, 0.25) is 0 Å². The summed E-state index contributed by atoms with van der Waals surface area (Å²) in [6.07, 6.45) is -3.63. The minimum absolute atomic E-state index is 0.0964. The second-order valence-electron chi connectivity index (χ2n) is 4.99. The normalized spacial score (nSPS) is 21.7. The maximum absolute atomic E-state index is 12.4. The van der Waals surface area contributed by atoms with Crippen molar-refractivity contribution in [3.05, 3.63) is 0 Å². The van der Waals surface area contributed by atoms with Gasteiger partial charge in [0.1, 0.15) is 5.54 Å². The number of rotatable bonds is 2. The van der Waals surface area contributed by atoms with Crippen molar-refractivity contribution in [1.29, 1.82) is 0 Å². The molecular formula is C9H16F3N. The molecule has 1 aliphatic rings. The van der Waals surface area contributed by atoms with Crippen LogP contribution in [0.1, 0.15) is 33.6 Å². The summed E-state index contributed by atoms with van der Waals surface area (Å²) in [5.74, 6) is 0. The smallest absolute Gasteiger partial charge is 0.303 e. The quantitative estimate of drug-likeness (QED) is 0.714. The van der Waals surface area contributed by atoms with Crippen molar-refractivity contribution in [2.75, 3.05) is 6.54 Å². The molecule has 0 unspecified atom stereocenters. The van der Waals surface area contributed by atoms with E-state index in [1.807, 2.05) is 20.8 Å². The van der Waals surface area contributed by atoms with E-state index in [1.54, 1.807) is 0 Å². The first-order valence-electron chi connectivity index (χ1n) is 4.48. The Balaban J connectivity index is 2.46. The standard InChI is InChI=1S/C9H16F3N/c1-7(2,3)6-13-8(4-5-8)9(10,11)12/h13H,4-6H2,1-3H3. The van der Waals surface area contributed by atoms with Gasteiger partial charge in [0.15, 0.2) is 0 Å². The summed E-state index contributed by atoms with van der Waals surface area (Å²) in [5.41, 5.74) is -1.65. The van der Waals surface area contributed by atoms with Gasteiger partial charge in [-0.15, -0.1) is 0 Å². The third-order valence-corrected chi connectivity index (χ3v) is 2.25. The molecule has 0 atom stereocenters. The van der Waals surface area contributed by atoms with Gasteiger partial charge in [0.05, 0.1) is 0 Å². The molecule has 1 fully saturated rings. The van der Waals surface area contributed by atoms with E-state index in [4.69, 9.17) is 0 Å². The van der Waals surface area contributed by atoms with Gasteiger partial charge in [-0.1, -0.05) is 20.8 Å². The molecule has 0 saturated heterocycles. The van der Waals surface area contributed by atoms with Gasteiger partial charge in [-0.25, -0.2) is 0 Å². The highest BCUT2D eigenvalue weighted by Gasteiger charge is 2.63. The number of nitrogens with one attached hydrogen (secondary N) is 1. The van der Waals surface area contributed by atoms with Crippen LogP contribution in [-0.4, -0.2) is 18.3 Å². The summed E-state index contributed by atoms with van der Waals surface area (Å²) in [6, 6.07) is 0. The zero-order valence-electron chi connectivity index (χ0n) is 8.26. The van der Waals surface area contributed by atoms with E-state index in [0.717, 1.165) is 0 Å². The van der Waals surface area contributed by atoms with Crippen LogP contribution < -0.4 is 5.32 Å². The SMILES string of the molecule is CC(C)(C)CNC1(C(F)(F)F)CC1. The van der Waals surface area contributed by atoms with Crippen molar-refractivity contribution in [3.63, 3.8) is 0 Å². The van der Waals surface area contributed by atoms with Crippen molar-refractivity contribution < 1.29 is 13.2 Å². The van der Waals surface area contributed by atoms with Crippen LogP contribution in [-0.2, 0) is 0 Å². The summed E-state index contributed by atoms with van der Waals surface area (Å²) in [5, 5.41) is 2.62. The van der Waals surface area contributed by atoms with E-state index in [9.17, 15) is 13.2 Å². The Kier molecular flexibility index (Phi) is 2.39. The largest absolute Gasteiger partial charge is 0.406 e. The summed E-state index contributed by atoms with van der Waals surface area (Å²) in [6.45, 7) is 6.18. The highest BCUT2D eigenvalue weighted by Crippen LogP contribution is 2.49.